The van der Waals surface area contributed by atoms with Gasteiger partial charge in [-0.2, -0.15) is 5.10 Å². The van der Waals surface area contributed by atoms with Crippen LogP contribution in [0.25, 0.3) is 11.3 Å². The van der Waals surface area contributed by atoms with Gasteiger partial charge in [-0.15, -0.1) is 0 Å². The van der Waals surface area contributed by atoms with Crippen LogP contribution in [0.4, 0.5) is 5.69 Å². The number of nitrogens with one attached hydrogen (secondary N) is 1. The number of aryl methyl sites for hydroxylation is 2. The number of anilines is 1. The summed E-state index contributed by atoms with van der Waals surface area (Å²) in [6.45, 7) is 2.21. The first-order valence-corrected chi connectivity index (χ1v) is 7.92. The zero-order chi connectivity index (χ0) is 17.4. The fraction of sp³-hybridized carbons (Fsp3) is 0.158. The molecule has 0 saturated heterocycles. The lowest BCUT2D eigenvalue weighted by atomic mass is 10.1. The number of hydrogen-bond donors (Lipinski definition) is 1. The molecule has 4 rings (SSSR count). The highest BCUT2D eigenvalue weighted by atomic mass is 16.7. The van der Waals surface area contributed by atoms with Crippen molar-refractivity contribution in [3.05, 3.63) is 59.8 Å². The van der Waals surface area contributed by atoms with E-state index in [1.165, 1.54) is 0 Å². The molecule has 6 heteroatoms. The maximum Gasteiger partial charge on any atom is 0.276 e. The molecule has 0 radical (unpaired) electrons. The van der Waals surface area contributed by atoms with E-state index in [1.54, 1.807) is 10.7 Å². The number of fused-ring (bicyclic) bond motifs is 1. The summed E-state index contributed by atoms with van der Waals surface area (Å²) in [4.78, 5) is 12.5. The Morgan fingerprint density at radius 3 is 2.80 bits per heavy atom. The standard InChI is InChI=1S/C19H17N3O3/c1-12-4-3-5-14(8-12)20-19(23)15-10-16(22(2)21-15)13-6-7-17-18(9-13)25-11-24-17/h3-10H,11H2,1-2H3,(H,20,23). The van der Waals surface area contributed by atoms with Crippen LogP contribution in [0, 0.1) is 6.92 Å². The third kappa shape index (κ3) is 2.94. The van der Waals surface area contributed by atoms with Gasteiger partial charge in [0.05, 0.1) is 5.69 Å². The first-order valence-electron chi connectivity index (χ1n) is 7.92. The molecule has 126 valence electrons. The van der Waals surface area contributed by atoms with E-state index >= 15 is 0 Å². The summed E-state index contributed by atoms with van der Waals surface area (Å²) >= 11 is 0. The van der Waals surface area contributed by atoms with Gasteiger partial charge in [0.2, 0.25) is 6.79 Å². The van der Waals surface area contributed by atoms with E-state index in [4.69, 9.17) is 9.47 Å². The van der Waals surface area contributed by atoms with Crippen LogP contribution in [0.3, 0.4) is 0 Å². The molecule has 1 N–H and O–H groups in total. The third-order valence-electron chi connectivity index (χ3n) is 4.06. The van der Waals surface area contributed by atoms with E-state index in [0.717, 1.165) is 28.3 Å². The number of hydrogen-bond acceptors (Lipinski definition) is 4. The van der Waals surface area contributed by atoms with Gasteiger partial charge in [0.25, 0.3) is 5.91 Å². The number of carbonyl (C=O) groups excluding carboxylic acids is 1. The molecule has 6 nitrogen and oxygen atoms in total. The predicted molar refractivity (Wildman–Crippen MR) is 93.9 cm³/mol. The first-order chi connectivity index (χ1) is 12.1. The third-order valence-corrected chi connectivity index (χ3v) is 4.06. The molecule has 0 aliphatic carbocycles. The molecule has 3 aromatic rings. The zero-order valence-corrected chi connectivity index (χ0v) is 13.9. The van der Waals surface area contributed by atoms with Gasteiger partial charge in [0.1, 0.15) is 0 Å². The Morgan fingerprint density at radius 2 is 1.96 bits per heavy atom. The lowest BCUT2D eigenvalue weighted by Crippen LogP contribution is -2.13. The molecule has 2 heterocycles. The fourth-order valence-corrected chi connectivity index (χ4v) is 2.82. The lowest BCUT2D eigenvalue weighted by Gasteiger charge is -2.03. The van der Waals surface area contributed by atoms with E-state index in [2.05, 4.69) is 10.4 Å². The molecular weight excluding hydrogens is 318 g/mol. The van der Waals surface area contributed by atoms with Crippen molar-refractivity contribution in [3.63, 3.8) is 0 Å². The summed E-state index contributed by atoms with van der Waals surface area (Å²) in [5.74, 6) is 1.18. The second-order valence-corrected chi connectivity index (χ2v) is 5.93. The Kier molecular flexibility index (Phi) is 3.65. The average Bonchev–Trinajstić information content (AvgIpc) is 3.20. The van der Waals surface area contributed by atoms with Crippen LogP contribution in [-0.2, 0) is 7.05 Å². The van der Waals surface area contributed by atoms with Crippen LogP contribution >= 0.6 is 0 Å². The van der Waals surface area contributed by atoms with E-state index in [-0.39, 0.29) is 12.7 Å². The van der Waals surface area contributed by atoms with Crippen molar-refractivity contribution in [1.82, 2.24) is 9.78 Å². The number of benzene rings is 2. The predicted octanol–water partition coefficient (Wildman–Crippen LogP) is 3.38. The molecule has 0 atom stereocenters. The highest BCUT2D eigenvalue weighted by Crippen LogP contribution is 2.35. The van der Waals surface area contributed by atoms with Gasteiger partial charge in [-0.05, 0) is 48.9 Å². The molecule has 0 fully saturated rings. The maximum absolute atomic E-state index is 12.5. The van der Waals surface area contributed by atoms with Crippen molar-refractivity contribution in [3.8, 4) is 22.8 Å². The highest BCUT2D eigenvalue weighted by molar-refractivity contribution is 6.03. The van der Waals surface area contributed by atoms with Crippen molar-refractivity contribution in [2.24, 2.45) is 7.05 Å². The van der Waals surface area contributed by atoms with E-state index < -0.39 is 0 Å². The number of ether oxygens (including phenoxy) is 2. The maximum atomic E-state index is 12.5. The van der Waals surface area contributed by atoms with Crippen LogP contribution in [0.2, 0.25) is 0 Å². The molecule has 0 bridgehead atoms. The van der Waals surface area contributed by atoms with E-state index in [9.17, 15) is 4.79 Å². The second kappa shape index (κ2) is 5.98. The van der Waals surface area contributed by atoms with Gasteiger partial charge in [-0.25, -0.2) is 0 Å². The summed E-state index contributed by atoms with van der Waals surface area (Å²) in [6.07, 6.45) is 0. The number of nitrogens with zero attached hydrogens (tertiary/aromatic N) is 2. The fourth-order valence-electron chi connectivity index (χ4n) is 2.82. The molecule has 0 unspecified atom stereocenters. The minimum atomic E-state index is -0.242. The van der Waals surface area contributed by atoms with E-state index in [1.807, 2.05) is 56.4 Å². The molecule has 25 heavy (non-hydrogen) atoms. The zero-order valence-electron chi connectivity index (χ0n) is 13.9. The molecule has 0 saturated carbocycles. The van der Waals surface area contributed by atoms with Crippen LogP contribution < -0.4 is 14.8 Å². The summed E-state index contributed by atoms with van der Waals surface area (Å²) in [7, 11) is 1.81. The molecule has 1 aliphatic heterocycles. The van der Waals surface area contributed by atoms with Crippen molar-refractivity contribution in [1.29, 1.82) is 0 Å². The molecule has 1 aliphatic rings. The Balaban J connectivity index is 1.60. The monoisotopic (exact) mass is 335 g/mol. The Hall–Kier alpha value is -3.28. The SMILES string of the molecule is Cc1cccc(NC(=O)c2cc(-c3ccc4c(c3)OCO4)n(C)n2)c1. The second-order valence-electron chi connectivity index (χ2n) is 5.93. The minimum Gasteiger partial charge on any atom is -0.454 e. The largest absolute Gasteiger partial charge is 0.454 e. The summed E-state index contributed by atoms with van der Waals surface area (Å²) < 4.78 is 12.4. The summed E-state index contributed by atoms with van der Waals surface area (Å²) in [5.41, 5.74) is 3.93. The van der Waals surface area contributed by atoms with Crippen molar-refractivity contribution in [2.45, 2.75) is 6.92 Å². The van der Waals surface area contributed by atoms with Crippen LogP contribution in [-0.4, -0.2) is 22.5 Å². The lowest BCUT2D eigenvalue weighted by molar-refractivity contribution is 0.102. The summed E-state index contributed by atoms with van der Waals surface area (Å²) in [6, 6.07) is 15.1. The quantitative estimate of drug-likeness (QED) is 0.797. The number of aromatic nitrogens is 2. The highest BCUT2D eigenvalue weighted by Gasteiger charge is 2.18. The van der Waals surface area contributed by atoms with Crippen LogP contribution in [0.1, 0.15) is 16.1 Å². The van der Waals surface area contributed by atoms with Gasteiger partial charge in [0.15, 0.2) is 17.2 Å². The molecule has 1 amide bonds. The smallest absolute Gasteiger partial charge is 0.276 e. The van der Waals surface area contributed by atoms with Gasteiger partial charge < -0.3 is 14.8 Å². The van der Waals surface area contributed by atoms with Crippen molar-refractivity contribution < 1.29 is 14.3 Å². The number of amides is 1. The molecule has 1 aromatic heterocycles. The number of rotatable bonds is 3. The molecular formula is C19H17N3O3. The topological polar surface area (TPSA) is 65.4 Å². The number of carbonyl (C=O) groups is 1. The van der Waals surface area contributed by atoms with Crippen molar-refractivity contribution in [2.75, 3.05) is 12.1 Å². The Bertz CT molecular complexity index is 962. The van der Waals surface area contributed by atoms with Gasteiger partial charge in [-0.3, -0.25) is 9.48 Å². The van der Waals surface area contributed by atoms with Crippen LogP contribution in [0.5, 0.6) is 11.5 Å². The van der Waals surface area contributed by atoms with E-state index in [0.29, 0.717) is 11.4 Å². The molecule has 0 spiro atoms. The Labute approximate surface area is 145 Å². The van der Waals surface area contributed by atoms with Crippen LogP contribution in [0.15, 0.2) is 48.5 Å². The van der Waals surface area contributed by atoms with Gasteiger partial charge in [-0.1, -0.05) is 12.1 Å². The average molecular weight is 335 g/mol. The summed E-state index contributed by atoms with van der Waals surface area (Å²) in [5, 5.41) is 7.20. The first kappa shape index (κ1) is 15.3. The van der Waals surface area contributed by atoms with Gasteiger partial charge >= 0.3 is 0 Å². The van der Waals surface area contributed by atoms with Gasteiger partial charge in [0, 0.05) is 18.3 Å². The normalized spacial score (nSPS) is 12.2. The minimum absolute atomic E-state index is 0.230. The Morgan fingerprint density at radius 1 is 1.12 bits per heavy atom. The van der Waals surface area contributed by atoms with Crippen molar-refractivity contribution >= 4 is 11.6 Å². The molecule has 2 aromatic carbocycles.